The van der Waals surface area contributed by atoms with Crippen molar-refractivity contribution in [2.24, 2.45) is 0 Å². The predicted octanol–water partition coefficient (Wildman–Crippen LogP) is 3.54. The number of nitriles is 1. The fourth-order valence-electron chi connectivity index (χ4n) is 4.09. The SMILES string of the molecule is N#Cc1ccc2c(c1)N(c1ccc(OCc3cccc(C(=O)O)c3)cc1)C1NC(=O)NC(=O)C1=C2. The lowest BCUT2D eigenvalue weighted by molar-refractivity contribution is -0.117. The Morgan fingerprint density at radius 3 is 2.63 bits per heavy atom. The molecule has 3 N–H and O–H groups in total. The molecule has 0 radical (unpaired) electrons. The number of carbonyl (C=O) groups is 3. The molecule has 9 nitrogen and oxygen atoms in total. The number of carbonyl (C=O) groups excluding carboxylic acids is 2. The summed E-state index contributed by atoms with van der Waals surface area (Å²) in [6.45, 7) is 0.185. The van der Waals surface area contributed by atoms with E-state index in [4.69, 9.17) is 9.84 Å². The molecular formula is C26H18N4O5. The lowest BCUT2D eigenvalue weighted by Gasteiger charge is -2.41. The molecule has 2 aliphatic rings. The number of hydrogen-bond acceptors (Lipinski definition) is 6. The van der Waals surface area contributed by atoms with Crippen LogP contribution in [0.25, 0.3) is 6.08 Å². The Bertz CT molecular complexity index is 1440. The molecule has 2 heterocycles. The number of ether oxygens (including phenoxy) is 1. The fourth-order valence-corrected chi connectivity index (χ4v) is 4.09. The number of nitrogens with one attached hydrogen (secondary N) is 2. The van der Waals surface area contributed by atoms with E-state index in [0.29, 0.717) is 33.8 Å². The quantitative estimate of drug-likeness (QED) is 0.524. The predicted molar refractivity (Wildman–Crippen MR) is 126 cm³/mol. The van der Waals surface area contributed by atoms with Crippen LogP contribution in [0.4, 0.5) is 16.2 Å². The van der Waals surface area contributed by atoms with Crippen molar-refractivity contribution in [3.63, 3.8) is 0 Å². The van der Waals surface area contributed by atoms with Crippen LogP contribution in [0, 0.1) is 11.3 Å². The molecule has 1 fully saturated rings. The summed E-state index contributed by atoms with van der Waals surface area (Å²) in [6.07, 6.45) is 0.957. The minimum atomic E-state index is -1.01. The highest BCUT2D eigenvalue weighted by atomic mass is 16.5. The summed E-state index contributed by atoms with van der Waals surface area (Å²) in [4.78, 5) is 37.5. The van der Waals surface area contributed by atoms with E-state index in [9.17, 15) is 19.6 Å². The maximum Gasteiger partial charge on any atom is 0.335 e. The summed E-state index contributed by atoms with van der Waals surface area (Å²) in [5, 5.41) is 23.6. The fraction of sp³-hybridized carbons (Fsp3) is 0.0769. The second-order valence-electron chi connectivity index (χ2n) is 7.97. The summed E-state index contributed by atoms with van der Waals surface area (Å²) in [7, 11) is 0. The van der Waals surface area contributed by atoms with E-state index in [1.165, 1.54) is 6.07 Å². The summed E-state index contributed by atoms with van der Waals surface area (Å²) < 4.78 is 5.82. The van der Waals surface area contributed by atoms with Crippen molar-refractivity contribution in [3.8, 4) is 11.8 Å². The molecule has 3 amide bonds. The first kappa shape index (κ1) is 21.7. The average Bonchev–Trinajstić information content (AvgIpc) is 2.86. The highest BCUT2D eigenvalue weighted by Crippen LogP contribution is 2.39. The van der Waals surface area contributed by atoms with Gasteiger partial charge in [-0.15, -0.1) is 0 Å². The third kappa shape index (κ3) is 4.16. The maximum atomic E-state index is 12.5. The van der Waals surface area contributed by atoms with Crippen LogP contribution in [-0.2, 0) is 11.4 Å². The molecule has 0 spiro atoms. The van der Waals surface area contributed by atoms with Crippen molar-refractivity contribution in [2.45, 2.75) is 12.8 Å². The lowest BCUT2D eigenvalue weighted by atomic mass is 9.96. The van der Waals surface area contributed by atoms with E-state index in [2.05, 4.69) is 16.7 Å². The number of benzene rings is 3. The van der Waals surface area contributed by atoms with Crippen molar-refractivity contribution in [1.29, 1.82) is 5.26 Å². The largest absolute Gasteiger partial charge is 0.489 e. The van der Waals surface area contributed by atoms with Crippen molar-refractivity contribution in [2.75, 3.05) is 4.90 Å². The molecule has 0 saturated carbocycles. The van der Waals surface area contributed by atoms with Gasteiger partial charge in [0.05, 0.1) is 28.5 Å². The first-order valence-electron chi connectivity index (χ1n) is 10.6. The minimum Gasteiger partial charge on any atom is -0.489 e. The number of aromatic carboxylic acids is 1. The highest BCUT2D eigenvalue weighted by Gasteiger charge is 2.38. The van der Waals surface area contributed by atoms with E-state index in [1.54, 1.807) is 71.6 Å². The maximum absolute atomic E-state index is 12.5. The van der Waals surface area contributed by atoms with Crippen LogP contribution < -0.4 is 20.3 Å². The Morgan fingerprint density at radius 2 is 1.89 bits per heavy atom. The molecule has 0 aliphatic carbocycles. The number of anilines is 2. The minimum absolute atomic E-state index is 0.185. The summed E-state index contributed by atoms with van der Waals surface area (Å²) in [5.74, 6) is -0.935. The number of imide groups is 1. The molecule has 0 aromatic heterocycles. The average molecular weight is 466 g/mol. The highest BCUT2D eigenvalue weighted by molar-refractivity contribution is 6.12. The molecule has 9 heteroatoms. The Balaban J connectivity index is 1.44. The molecular weight excluding hydrogens is 448 g/mol. The molecule has 2 aliphatic heterocycles. The summed E-state index contributed by atoms with van der Waals surface area (Å²) >= 11 is 0. The Kier molecular flexibility index (Phi) is 5.39. The summed E-state index contributed by atoms with van der Waals surface area (Å²) in [6, 6.07) is 20.2. The number of fused-ring (bicyclic) bond motifs is 2. The van der Waals surface area contributed by atoms with Gasteiger partial charge in [0.25, 0.3) is 5.91 Å². The van der Waals surface area contributed by atoms with Crippen LogP contribution in [0.5, 0.6) is 5.75 Å². The zero-order chi connectivity index (χ0) is 24.5. The van der Waals surface area contributed by atoms with Crippen molar-refractivity contribution < 1.29 is 24.2 Å². The Hall–Kier alpha value is -5.10. The third-order valence-corrected chi connectivity index (χ3v) is 5.73. The van der Waals surface area contributed by atoms with Crippen LogP contribution in [0.15, 0.2) is 72.3 Å². The van der Waals surface area contributed by atoms with E-state index in [0.717, 1.165) is 5.56 Å². The first-order valence-corrected chi connectivity index (χ1v) is 10.6. The Labute approximate surface area is 199 Å². The van der Waals surface area contributed by atoms with Gasteiger partial charge in [-0.3, -0.25) is 10.1 Å². The van der Waals surface area contributed by atoms with Crippen molar-refractivity contribution in [1.82, 2.24) is 10.6 Å². The van der Waals surface area contributed by atoms with E-state index in [-0.39, 0.29) is 12.2 Å². The standard InChI is InChI=1S/C26H18N4O5/c27-13-15-4-5-17-12-21-23(28-26(34)29-24(21)31)30(22(17)11-15)19-6-8-20(9-7-19)35-14-16-2-1-3-18(10-16)25(32)33/h1-12,23H,14H2,(H,32,33)(H2,28,29,31,34). The van der Waals surface area contributed by atoms with Gasteiger partial charge in [-0.25, -0.2) is 9.59 Å². The molecule has 3 aromatic carbocycles. The van der Waals surface area contributed by atoms with Gasteiger partial charge in [-0.1, -0.05) is 18.2 Å². The van der Waals surface area contributed by atoms with Crippen LogP contribution in [0.3, 0.4) is 0 Å². The van der Waals surface area contributed by atoms with Crippen LogP contribution in [-0.4, -0.2) is 29.2 Å². The number of nitrogens with zero attached hydrogens (tertiary/aromatic N) is 2. The number of hydrogen-bond donors (Lipinski definition) is 3. The van der Waals surface area contributed by atoms with Crippen LogP contribution >= 0.6 is 0 Å². The van der Waals surface area contributed by atoms with Crippen LogP contribution in [0.2, 0.25) is 0 Å². The first-order chi connectivity index (χ1) is 16.9. The van der Waals surface area contributed by atoms with Gasteiger partial charge < -0.3 is 20.1 Å². The second kappa shape index (κ2) is 8.68. The normalized spacial score (nSPS) is 16.1. The zero-order valence-corrected chi connectivity index (χ0v) is 18.2. The second-order valence-corrected chi connectivity index (χ2v) is 7.97. The van der Waals surface area contributed by atoms with Gasteiger partial charge in [-0.2, -0.15) is 5.26 Å². The molecule has 3 aromatic rings. The van der Waals surface area contributed by atoms with E-state index < -0.39 is 24.1 Å². The number of carboxylic acids is 1. The lowest BCUT2D eigenvalue weighted by Crippen LogP contribution is -2.60. The molecule has 172 valence electrons. The number of amides is 3. The molecule has 1 unspecified atom stereocenters. The molecule has 1 atom stereocenters. The van der Waals surface area contributed by atoms with Gasteiger partial charge in [-0.05, 0) is 65.7 Å². The van der Waals surface area contributed by atoms with Crippen LogP contribution in [0.1, 0.15) is 27.0 Å². The van der Waals surface area contributed by atoms with Crippen molar-refractivity contribution >= 4 is 35.4 Å². The summed E-state index contributed by atoms with van der Waals surface area (Å²) in [5.41, 5.74) is 3.80. The third-order valence-electron chi connectivity index (χ3n) is 5.73. The van der Waals surface area contributed by atoms with E-state index in [1.807, 2.05) is 0 Å². The molecule has 0 bridgehead atoms. The number of rotatable bonds is 5. The topological polar surface area (TPSA) is 132 Å². The molecule has 35 heavy (non-hydrogen) atoms. The Morgan fingerprint density at radius 1 is 1.09 bits per heavy atom. The number of carboxylic acid groups (broad SMARTS) is 1. The zero-order valence-electron chi connectivity index (χ0n) is 18.2. The van der Waals surface area contributed by atoms with Crippen molar-refractivity contribution in [3.05, 3.63) is 94.6 Å². The number of urea groups is 1. The van der Waals surface area contributed by atoms with Gasteiger partial charge >= 0.3 is 12.0 Å². The molecule has 1 saturated heterocycles. The van der Waals surface area contributed by atoms with Gasteiger partial charge in [0.1, 0.15) is 18.5 Å². The molecule has 5 rings (SSSR count). The van der Waals surface area contributed by atoms with E-state index >= 15 is 0 Å². The van der Waals surface area contributed by atoms with Gasteiger partial charge in [0.2, 0.25) is 0 Å². The monoisotopic (exact) mass is 466 g/mol. The van der Waals surface area contributed by atoms with Gasteiger partial charge in [0.15, 0.2) is 0 Å². The smallest absolute Gasteiger partial charge is 0.335 e. The van der Waals surface area contributed by atoms with Gasteiger partial charge in [0, 0.05) is 5.69 Å².